The summed E-state index contributed by atoms with van der Waals surface area (Å²) in [6.07, 6.45) is 4.13. The van der Waals surface area contributed by atoms with Gasteiger partial charge in [0.05, 0.1) is 5.75 Å². The number of nitrogens with one attached hydrogen (secondary N) is 1. The van der Waals surface area contributed by atoms with Crippen LogP contribution in [0.4, 0.5) is 0 Å². The molecule has 1 amide bonds. The maximum absolute atomic E-state index is 11.8. The van der Waals surface area contributed by atoms with E-state index >= 15 is 0 Å². The average Bonchev–Trinajstić information content (AvgIpc) is 2.59. The van der Waals surface area contributed by atoms with E-state index in [-0.39, 0.29) is 5.91 Å². The van der Waals surface area contributed by atoms with Gasteiger partial charge in [-0.1, -0.05) is 41.7 Å². The Morgan fingerprint density at radius 2 is 1.91 bits per heavy atom. The van der Waals surface area contributed by atoms with E-state index in [4.69, 9.17) is 4.74 Å². The molecule has 1 aromatic heterocycles. The molecule has 0 aliphatic rings. The zero-order chi connectivity index (χ0) is 16.3. The Bertz CT molecular complexity index is 611. The van der Waals surface area contributed by atoms with E-state index in [0.717, 1.165) is 21.4 Å². The second kappa shape index (κ2) is 10.3. The van der Waals surface area contributed by atoms with E-state index in [1.807, 2.05) is 30.3 Å². The number of methoxy groups -OCH3 is 1. The molecule has 0 atom stereocenters. The van der Waals surface area contributed by atoms with Gasteiger partial charge in [-0.15, -0.1) is 0 Å². The van der Waals surface area contributed by atoms with Crippen LogP contribution >= 0.6 is 23.5 Å². The van der Waals surface area contributed by atoms with E-state index in [2.05, 4.69) is 15.3 Å². The summed E-state index contributed by atoms with van der Waals surface area (Å²) in [6.45, 7) is 1.27. The van der Waals surface area contributed by atoms with E-state index in [9.17, 15) is 4.79 Å². The molecule has 0 radical (unpaired) electrons. The molecule has 0 aliphatic heterocycles. The van der Waals surface area contributed by atoms with Crippen molar-refractivity contribution in [2.75, 3.05) is 26.0 Å². The highest BCUT2D eigenvalue weighted by molar-refractivity contribution is 8.02. The van der Waals surface area contributed by atoms with Crippen molar-refractivity contribution in [2.24, 2.45) is 0 Å². The molecule has 0 saturated heterocycles. The first-order valence-corrected chi connectivity index (χ1v) is 9.02. The minimum Gasteiger partial charge on any atom is -0.385 e. The highest BCUT2D eigenvalue weighted by Crippen LogP contribution is 2.32. The lowest BCUT2D eigenvalue weighted by molar-refractivity contribution is -0.118. The molecule has 0 aliphatic carbocycles. The van der Waals surface area contributed by atoms with Crippen LogP contribution in [0.25, 0.3) is 0 Å². The Hall–Kier alpha value is -1.57. The van der Waals surface area contributed by atoms with Gasteiger partial charge in [-0.3, -0.25) is 4.79 Å². The predicted molar refractivity (Wildman–Crippen MR) is 92.8 cm³/mol. The minimum absolute atomic E-state index is 0.00702. The minimum atomic E-state index is -0.00702. The molecule has 0 saturated carbocycles. The molecule has 7 heteroatoms. The second-order valence-electron chi connectivity index (χ2n) is 4.57. The van der Waals surface area contributed by atoms with Gasteiger partial charge in [0.15, 0.2) is 0 Å². The van der Waals surface area contributed by atoms with Crippen LogP contribution in [-0.2, 0) is 9.53 Å². The first kappa shape index (κ1) is 17.8. The van der Waals surface area contributed by atoms with Crippen molar-refractivity contribution >= 4 is 29.4 Å². The molecule has 1 heterocycles. The Morgan fingerprint density at radius 1 is 1.17 bits per heavy atom. The van der Waals surface area contributed by atoms with Gasteiger partial charge >= 0.3 is 0 Å². The molecule has 23 heavy (non-hydrogen) atoms. The Balaban J connectivity index is 1.86. The fraction of sp³-hybridized carbons (Fsp3) is 0.312. The van der Waals surface area contributed by atoms with Crippen molar-refractivity contribution in [1.82, 2.24) is 15.3 Å². The number of carbonyl (C=O) groups is 1. The molecule has 0 fully saturated rings. The van der Waals surface area contributed by atoms with Gasteiger partial charge in [-0.2, -0.15) is 0 Å². The number of thioether (sulfide) groups is 1. The van der Waals surface area contributed by atoms with Crippen LogP contribution in [0.3, 0.4) is 0 Å². The Labute approximate surface area is 144 Å². The lowest BCUT2D eigenvalue weighted by atomic mass is 10.4. The number of aromatic nitrogens is 2. The first-order chi connectivity index (χ1) is 11.3. The largest absolute Gasteiger partial charge is 0.385 e. The van der Waals surface area contributed by atoms with E-state index < -0.39 is 0 Å². The van der Waals surface area contributed by atoms with Gasteiger partial charge in [0.2, 0.25) is 5.91 Å². The number of carbonyl (C=O) groups excluding carboxylic acids is 1. The monoisotopic (exact) mass is 349 g/mol. The highest BCUT2D eigenvalue weighted by atomic mass is 32.2. The summed E-state index contributed by atoms with van der Waals surface area (Å²) < 4.78 is 4.95. The maximum atomic E-state index is 11.8. The summed E-state index contributed by atoms with van der Waals surface area (Å²) in [4.78, 5) is 21.6. The number of benzene rings is 1. The first-order valence-electron chi connectivity index (χ1n) is 7.22. The van der Waals surface area contributed by atoms with Crippen LogP contribution < -0.4 is 5.32 Å². The van der Waals surface area contributed by atoms with E-state index in [1.54, 1.807) is 31.3 Å². The Kier molecular flexibility index (Phi) is 7.92. The fourth-order valence-corrected chi connectivity index (χ4v) is 3.46. The second-order valence-corrected chi connectivity index (χ2v) is 6.59. The van der Waals surface area contributed by atoms with Crippen molar-refractivity contribution < 1.29 is 9.53 Å². The van der Waals surface area contributed by atoms with Crippen LogP contribution in [0, 0.1) is 0 Å². The molecule has 0 bridgehead atoms. The van der Waals surface area contributed by atoms with Crippen molar-refractivity contribution in [3.8, 4) is 0 Å². The number of rotatable bonds is 9. The molecular weight excluding hydrogens is 330 g/mol. The third-order valence-corrected chi connectivity index (χ3v) is 4.89. The Morgan fingerprint density at radius 3 is 2.65 bits per heavy atom. The summed E-state index contributed by atoms with van der Waals surface area (Å²) in [5.41, 5.74) is 0. The summed E-state index contributed by atoms with van der Waals surface area (Å²) in [7, 11) is 1.65. The van der Waals surface area contributed by atoms with E-state index in [1.165, 1.54) is 11.8 Å². The lowest BCUT2D eigenvalue weighted by Crippen LogP contribution is -2.26. The molecule has 0 spiro atoms. The molecule has 5 nitrogen and oxygen atoms in total. The maximum Gasteiger partial charge on any atom is 0.230 e. The predicted octanol–water partition coefficient (Wildman–Crippen LogP) is 2.87. The van der Waals surface area contributed by atoms with Crippen LogP contribution in [0.15, 0.2) is 57.7 Å². The number of hydrogen-bond acceptors (Lipinski definition) is 6. The number of ether oxygens (including phenoxy) is 1. The normalized spacial score (nSPS) is 10.5. The van der Waals surface area contributed by atoms with Crippen LogP contribution in [0.5, 0.6) is 0 Å². The van der Waals surface area contributed by atoms with Crippen molar-refractivity contribution in [2.45, 2.75) is 21.4 Å². The number of nitrogens with zero attached hydrogens (tertiary/aromatic N) is 2. The molecule has 1 aromatic carbocycles. The molecule has 1 N–H and O–H groups in total. The van der Waals surface area contributed by atoms with Gasteiger partial charge in [0.25, 0.3) is 0 Å². The van der Waals surface area contributed by atoms with Crippen molar-refractivity contribution in [3.63, 3.8) is 0 Å². The summed E-state index contributed by atoms with van der Waals surface area (Å²) in [5.74, 6) is 0.320. The summed E-state index contributed by atoms with van der Waals surface area (Å²) >= 11 is 2.95. The molecule has 122 valence electrons. The van der Waals surface area contributed by atoms with Crippen LogP contribution in [-0.4, -0.2) is 41.9 Å². The molecule has 2 aromatic rings. The van der Waals surface area contributed by atoms with E-state index in [0.29, 0.717) is 18.9 Å². The van der Waals surface area contributed by atoms with Gasteiger partial charge in [-0.25, -0.2) is 9.97 Å². The van der Waals surface area contributed by atoms with Crippen LogP contribution in [0.1, 0.15) is 6.42 Å². The molecule has 2 rings (SSSR count). The molecular formula is C16H19N3O2S2. The standard InChI is InChI=1S/C16H19N3O2S2/c1-21-11-5-8-17-14(20)12-22-15-16(19-10-9-18-15)23-13-6-3-2-4-7-13/h2-4,6-7,9-10H,5,8,11-12H2,1H3,(H,17,20). The zero-order valence-electron chi connectivity index (χ0n) is 12.9. The van der Waals surface area contributed by atoms with Crippen molar-refractivity contribution in [1.29, 1.82) is 0 Å². The lowest BCUT2D eigenvalue weighted by Gasteiger charge is -2.07. The smallest absolute Gasteiger partial charge is 0.230 e. The molecule has 0 unspecified atom stereocenters. The fourth-order valence-electron chi connectivity index (χ4n) is 1.71. The third kappa shape index (κ3) is 6.60. The SMILES string of the molecule is COCCCNC(=O)CSc1nccnc1Sc1ccccc1. The number of amides is 1. The topological polar surface area (TPSA) is 64.1 Å². The van der Waals surface area contributed by atoms with Crippen LogP contribution in [0.2, 0.25) is 0 Å². The van der Waals surface area contributed by atoms with Crippen molar-refractivity contribution in [3.05, 3.63) is 42.7 Å². The number of hydrogen-bond donors (Lipinski definition) is 1. The van der Waals surface area contributed by atoms with Gasteiger partial charge in [0, 0.05) is 37.6 Å². The highest BCUT2D eigenvalue weighted by Gasteiger charge is 2.10. The third-order valence-electron chi connectivity index (χ3n) is 2.78. The summed E-state index contributed by atoms with van der Waals surface area (Å²) in [6, 6.07) is 9.99. The average molecular weight is 349 g/mol. The van der Waals surface area contributed by atoms with Gasteiger partial charge in [0.1, 0.15) is 10.1 Å². The quantitative estimate of drug-likeness (QED) is 0.555. The zero-order valence-corrected chi connectivity index (χ0v) is 14.5. The summed E-state index contributed by atoms with van der Waals surface area (Å²) in [5, 5.41) is 4.45. The van der Waals surface area contributed by atoms with Gasteiger partial charge < -0.3 is 10.1 Å². The van der Waals surface area contributed by atoms with Gasteiger partial charge in [-0.05, 0) is 18.6 Å².